The molecule has 2 aromatic carbocycles. The van der Waals surface area contributed by atoms with Gasteiger partial charge in [0.15, 0.2) is 0 Å². The SMILES string of the molecule is N#CC(/C=C/c1ccccc1)=Nc1ccccc1. The Kier molecular flexibility index (Phi) is 4.05. The first-order chi connectivity index (χ1) is 8.88. The third-order valence-electron chi connectivity index (χ3n) is 2.35. The van der Waals surface area contributed by atoms with Gasteiger partial charge in [0, 0.05) is 0 Å². The molecule has 0 heterocycles. The fourth-order valence-electron chi connectivity index (χ4n) is 1.48. The topological polar surface area (TPSA) is 36.1 Å². The highest BCUT2D eigenvalue weighted by atomic mass is 14.7. The zero-order chi connectivity index (χ0) is 12.6. The lowest BCUT2D eigenvalue weighted by Gasteiger charge is -1.93. The van der Waals surface area contributed by atoms with E-state index < -0.39 is 0 Å². The van der Waals surface area contributed by atoms with Crippen LogP contribution >= 0.6 is 0 Å². The van der Waals surface area contributed by atoms with E-state index in [4.69, 9.17) is 5.26 Å². The molecule has 2 aromatic rings. The molecule has 0 aromatic heterocycles. The molecular weight excluding hydrogens is 220 g/mol. The van der Waals surface area contributed by atoms with Crippen LogP contribution in [0.2, 0.25) is 0 Å². The van der Waals surface area contributed by atoms with Crippen molar-refractivity contribution in [1.82, 2.24) is 0 Å². The van der Waals surface area contributed by atoms with E-state index in [1.54, 1.807) is 6.08 Å². The standard InChI is InChI=1S/C16H12N2/c17-13-16(18-15-9-5-2-6-10-15)12-11-14-7-3-1-4-8-14/h1-12H/b12-11+,18-16?. The fraction of sp³-hybridized carbons (Fsp3) is 0. The predicted octanol–water partition coefficient (Wildman–Crippen LogP) is 4.00. The van der Waals surface area contributed by atoms with Crippen LogP contribution in [0.25, 0.3) is 6.08 Å². The second kappa shape index (κ2) is 6.17. The van der Waals surface area contributed by atoms with Gasteiger partial charge in [-0.2, -0.15) is 5.26 Å². The minimum Gasteiger partial charge on any atom is -0.238 e. The summed E-state index contributed by atoms with van der Waals surface area (Å²) in [5, 5.41) is 9.03. The Balaban J connectivity index is 2.19. The number of nitrogens with zero attached hydrogens (tertiary/aromatic N) is 2. The number of hydrogen-bond acceptors (Lipinski definition) is 2. The van der Waals surface area contributed by atoms with Crippen molar-refractivity contribution in [2.45, 2.75) is 0 Å². The van der Waals surface area contributed by atoms with Crippen molar-refractivity contribution in [3.63, 3.8) is 0 Å². The minimum absolute atomic E-state index is 0.394. The molecule has 0 amide bonds. The number of rotatable bonds is 3. The van der Waals surface area contributed by atoms with E-state index in [0.717, 1.165) is 11.3 Å². The molecule has 0 saturated carbocycles. The van der Waals surface area contributed by atoms with Crippen molar-refractivity contribution in [3.05, 3.63) is 72.3 Å². The maximum absolute atomic E-state index is 9.03. The second-order valence-corrected chi connectivity index (χ2v) is 3.69. The maximum Gasteiger partial charge on any atom is 0.141 e. The van der Waals surface area contributed by atoms with Crippen molar-refractivity contribution in [1.29, 1.82) is 5.26 Å². The van der Waals surface area contributed by atoms with E-state index in [0.29, 0.717) is 5.71 Å². The zero-order valence-corrected chi connectivity index (χ0v) is 9.82. The Morgan fingerprint density at radius 1 is 0.944 bits per heavy atom. The van der Waals surface area contributed by atoms with Crippen LogP contribution in [0, 0.1) is 11.3 Å². The van der Waals surface area contributed by atoms with Crippen LogP contribution in [0.1, 0.15) is 5.56 Å². The highest BCUT2D eigenvalue weighted by Crippen LogP contribution is 2.10. The molecule has 0 aliphatic rings. The summed E-state index contributed by atoms with van der Waals surface area (Å²) in [6.07, 6.45) is 3.60. The van der Waals surface area contributed by atoms with Crippen molar-refractivity contribution in [2.75, 3.05) is 0 Å². The lowest BCUT2D eigenvalue weighted by molar-refractivity contribution is 1.50. The first kappa shape index (κ1) is 11.8. The lowest BCUT2D eigenvalue weighted by atomic mass is 10.2. The molecule has 0 fully saturated rings. The second-order valence-electron chi connectivity index (χ2n) is 3.69. The number of hydrogen-bond donors (Lipinski definition) is 0. The predicted molar refractivity (Wildman–Crippen MR) is 74.6 cm³/mol. The Labute approximate surface area is 107 Å². The summed E-state index contributed by atoms with van der Waals surface area (Å²) in [5.74, 6) is 0. The first-order valence-corrected chi connectivity index (χ1v) is 5.65. The average Bonchev–Trinajstić information content (AvgIpc) is 2.45. The van der Waals surface area contributed by atoms with Crippen LogP contribution in [0.3, 0.4) is 0 Å². The van der Waals surface area contributed by atoms with Gasteiger partial charge in [-0.1, -0.05) is 54.6 Å². The van der Waals surface area contributed by atoms with Gasteiger partial charge in [-0.05, 0) is 23.8 Å². The smallest absolute Gasteiger partial charge is 0.141 e. The Morgan fingerprint density at radius 2 is 1.56 bits per heavy atom. The average molecular weight is 232 g/mol. The summed E-state index contributed by atoms with van der Waals surface area (Å²) in [4.78, 5) is 4.26. The molecule has 0 aliphatic heterocycles. The molecular formula is C16H12N2. The Bertz CT molecular complexity index is 590. The summed E-state index contributed by atoms with van der Waals surface area (Å²) >= 11 is 0. The quantitative estimate of drug-likeness (QED) is 0.737. The van der Waals surface area contributed by atoms with E-state index in [9.17, 15) is 0 Å². The number of para-hydroxylation sites is 1. The van der Waals surface area contributed by atoms with Gasteiger partial charge in [-0.25, -0.2) is 4.99 Å². The van der Waals surface area contributed by atoms with Crippen LogP contribution < -0.4 is 0 Å². The molecule has 0 unspecified atom stereocenters. The zero-order valence-electron chi connectivity index (χ0n) is 9.82. The molecule has 18 heavy (non-hydrogen) atoms. The lowest BCUT2D eigenvalue weighted by Crippen LogP contribution is -1.86. The fourth-order valence-corrected chi connectivity index (χ4v) is 1.48. The van der Waals surface area contributed by atoms with Gasteiger partial charge in [-0.3, -0.25) is 0 Å². The summed E-state index contributed by atoms with van der Waals surface area (Å²) in [7, 11) is 0. The van der Waals surface area contributed by atoms with Crippen LogP contribution in [-0.4, -0.2) is 5.71 Å². The molecule has 0 spiro atoms. The number of nitriles is 1. The van der Waals surface area contributed by atoms with Crippen molar-refractivity contribution < 1.29 is 0 Å². The maximum atomic E-state index is 9.03. The normalized spacial score (nSPS) is 11.4. The van der Waals surface area contributed by atoms with Gasteiger partial charge in [0.2, 0.25) is 0 Å². The van der Waals surface area contributed by atoms with Crippen LogP contribution in [0.5, 0.6) is 0 Å². The monoisotopic (exact) mass is 232 g/mol. The Hall–Kier alpha value is -2.66. The summed E-state index contributed by atoms with van der Waals surface area (Å²) in [6, 6.07) is 21.4. The highest BCUT2D eigenvalue weighted by molar-refractivity contribution is 6.10. The molecule has 86 valence electrons. The molecule has 0 atom stereocenters. The van der Waals surface area contributed by atoms with Crippen molar-refractivity contribution >= 4 is 17.5 Å². The number of allylic oxidation sites excluding steroid dienone is 1. The molecule has 2 heteroatoms. The molecule has 0 aliphatic carbocycles. The number of aliphatic imine (C=N–C) groups is 1. The summed E-state index contributed by atoms with van der Waals surface area (Å²) in [6.45, 7) is 0. The molecule has 0 N–H and O–H groups in total. The molecule has 0 radical (unpaired) electrons. The molecule has 0 saturated heterocycles. The van der Waals surface area contributed by atoms with Crippen LogP contribution in [-0.2, 0) is 0 Å². The van der Waals surface area contributed by atoms with Gasteiger partial charge in [0.1, 0.15) is 11.8 Å². The summed E-state index contributed by atoms with van der Waals surface area (Å²) in [5.41, 5.74) is 2.23. The molecule has 2 rings (SSSR count). The van der Waals surface area contributed by atoms with Crippen LogP contribution in [0.15, 0.2) is 71.7 Å². The van der Waals surface area contributed by atoms with E-state index in [2.05, 4.69) is 11.1 Å². The van der Waals surface area contributed by atoms with Gasteiger partial charge in [0.25, 0.3) is 0 Å². The largest absolute Gasteiger partial charge is 0.238 e. The van der Waals surface area contributed by atoms with Gasteiger partial charge in [0.05, 0.1) is 5.69 Å². The van der Waals surface area contributed by atoms with Crippen molar-refractivity contribution in [2.24, 2.45) is 4.99 Å². The van der Waals surface area contributed by atoms with Gasteiger partial charge >= 0.3 is 0 Å². The van der Waals surface area contributed by atoms with Crippen molar-refractivity contribution in [3.8, 4) is 6.07 Å². The third kappa shape index (κ3) is 3.43. The third-order valence-corrected chi connectivity index (χ3v) is 2.35. The Morgan fingerprint density at radius 3 is 2.17 bits per heavy atom. The van der Waals surface area contributed by atoms with E-state index in [1.807, 2.05) is 66.7 Å². The summed E-state index contributed by atoms with van der Waals surface area (Å²) < 4.78 is 0. The van der Waals surface area contributed by atoms with Gasteiger partial charge < -0.3 is 0 Å². The molecule has 0 bridgehead atoms. The highest BCUT2D eigenvalue weighted by Gasteiger charge is 1.93. The number of benzene rings is 2. The van der Waals surface area contributed by atoms with E-state index in [1.165, 1.54) is 0 Å². The minimum atomic E-state index is 0.394. The molecule has 2 nitrogen and oxygen atoms in total. The first-order valence-electron chi connectivity index (χ1n) is 5.65. The van der Waals surface area contributed by atoms with Crippen LogP contribution in [0.4, 0.5) is 5.69 Å². The van der Waals surface area contributed by atoms with Gasteiger partial charge in [-0.15, -0.1) is 0 Å². The van der Waals surface area contributed by atoms with E-state index in [-0.39, 0.29) is 0 Å². The van der Waals surface area contributed by atoms with E-state index >= 15 is 0 Å².